The highest BCUT2D eigenvalue weighted by molar-refractivity contribution is 7.13. The molecule has 0 aliphatic rings. The van der Waals surface area contributed by atoms with Crippen LogP contribution in [-0.2, 0) is 0 Å². The molecule has 0 spiro atoms. The number of aromatic amines is 2. The van der Waals surface area contributed by atoms with Gasteiger partial charge in [0, 0.05) is 32.9 Å². The molecule has 0 unspecified atom stereocenters. The van der Waals surface area contributed by atoms with E-state index < -0.39 is 0 Å². The molecule has 0 radical (unpaired) electrons. The van der Waals surface area contributed by atoms with Gasteiger partial charge in [-0.1, -0.05) is 24.3 Å². The second kappa shape index (κ2) is 6.39. The summed E-state index contributed by atoms with van der Waals surface area (Å²) < 4.78 is 0. The highest BCUT2D eigenvalue weighted by atomic mass is 32.1. The topological polar surface area (TPSA) is 70.2 Å². The summed E-state index contributed by atoms with van der Waals surface area (Å²) in [6, 6.07) is 20.6. The van der Waals surface area contributed by atoms with Crippen molar-refractivity contribution in [1.29, 1.82) is 0 Å². The van der Waals surface area contributed by atoms with Crippen molar-refractivity contribution >= 4 is 33.1 Å². The third-order valence-electron chi connectivity index (χ3n) is 5.08. The third-order valence-corrected chi connectivity index (χ3v) is 5.98. The Morgan fingerprint density at radius 3 is 2.66 bits per heavy atom. The van der Waals surface area contributed by atoms with Crippen LogP contribution in [0.15, 0.2) is 78.4 Å². The summed E-state index contributed by atoms with van der Waals surface area (Å²) in [7, 11) is 0. The van der Waals surface area contributed by atoms with Crippen LogP contribution >= 0.6 is 11.3 Å². The van der Waals surface area contributed by atoms with E-state index in [0.717, 1.165) is 39.2 Å². The zero-order chi connectivity index (χ0) is 19.2. The second-order valence-electron chi connectivity index (χ2n) is 6.83. The standard InChI is InChI=1S/C23H15N5S/c1-2-9-24-18(6-1)19-12-16-21(13-25-19)27-28-23(16)20-11-15-14(22-8-4-10-29-22)5-3-7-17(15)26-20/h1-13,26H,(H,27,28). The first-order valence-electron chi connectivity index (χ1n) is 9.28. The minimum Gasteiger partial charge on any atom is -0.353 e. The molecule has 0 bridgehead atoms. The van der Waals surface area contributed by atoms with Gasteiger partial charge in [-0.05, 0) is 41.8 Å². The quantitative estimate of drug-likeness (QED) is 0.393. The number of pyridine rings is 2. The predicted molar refractivity (Wildman–Crippen MR) is 118 cm³/mol. The van der Waals surface area contributed by atoms with Gasteiger partial charge in [0.15, 0.2) is 0 Å². The fourth-order valence-corrected chi connectivity index (χ4v) is 4.47. The van der Waals surface area contributed by atoms with Crippen molar-refractivity contribution in [2.24, 2.45) is 0 Å². The summed E-state index contributed by atoms with van der Waals surface area (Å²) in [6.07, 6.45) is 3.59. The first-order chi connectivity index (χ1) is 14.4. The Morgan fingerprint density at radius 2 is 1.79 bits per heavy atom. The first-order valence-corrected chi connectivity index (χ1v) is 10.2. The fourth-order valence-electron chi connectivity index (χ4n) is 3.71. The number of rotatable bonds is 3. The molecule has 5 nitrogen and oxygen atoms in total. The van der Waals surface area contributed by atoms with Crippen LogP contribution in [0.4, 0.5) is 0 Å². The van der Waals surface area contributed by atoms with E-state index in [9.17, 15) is 0 Å². The van der Waals surface area contributed by atoms with Crippen molar-refractivity contribution in [3.8, 4) is 33.2 Å². The van der Waals surface area contributed by atoms with Crippen molar-refractivity contribution in [3.63, 3.8) is 0 Å². The third kappa shape index (κ3) is 2.65. The molecule has 0 saturated heterocycles. The number of hydrogen-bond acceptors (Lipinski definition) is 4. The monoisotopic (exact) mass is 393 g/mol. The Balaban J connectivity index is 1.53. The molecule has 0 atom stereocenters. The van der Waals surface area contributed by atoms with Gasteiger partial charge in [0.25, 0.3) is 0 Å². The highest BCUT2D eigenvalue weighted by Gasteiger charge is 2.15. The molecule has 6 rings (SSSR count). The molecule has 0 fully saturated rings. The van der Waals surface area contributed by atoms with Crippen LogP contribution in [0.2, 0.25) is 0 Å². The van der Waals surface area contributed by atoms with Crippen LogP contribution < -0.4 is 0 Å². The number of aromatic nitrogens is 5. The summed E-state index contributed by atoms with van der Waals surface area (Å²) in [5.41, 5.74) is 6.77. The average molecular weight is 393 g/mol. The number of thiophene rings is 1. The van der Waals surface area contributed by atoms with Crippen LogP contribution in [0.1, 0.15) is 0 Å². The van der Waals surface area contributed by atoms with Crippen LogP contribution in [0.3, 0.4) is 0 Å². The number of nitrogens with zero attached hydrogens (tertiary/aromatic N) is 3. The SMILES string of the molecule is c1ccc(-c2cc3c(-c4cc5c(-c6cccs6)cccc5[nH]4)n[nH]c3cn2)nc1. The molecule has 138 valence electrons. The largest absolute Gasteiger partial charge is 0.353 e. The zero-order valence-electron chi connectivity index (χ0n) is 15.3. The molecule has 6 heteroatoms. The number of nitrogens with one attached hydrogen (secondary N) is 2. The van der Waals surface area contributed by atoms with Crippen molar-refractivity contribution in [3.05, 3.63) is 78.4 Å². The van der Waals surface area contributed by atoms with Gasteiger partial charge < -0.3 is 4.98 Å². The maximum atomic E-state index is 4.57. The number of hydrogen-bond donors (Lipinski definition) is 2. The molecular formula is C23H15N5S. The van der Waals surface area contributed by atoms with E-state index in [4.69, 9.17) is 0 Å². The molecule has 6 aromatic rings. The lowest BCUT2D eigenvalue weighted by molar-refractivity contribution is 1.11. The van der Waals surface area contributed by atoms with Gasteiger partial charge in [0.2, 0.25) is 0 Å². The van der Waals surface area contributed by atoms with Gasteiger partial charge >= 0.3 is 0 Å². The molecule has 2 N–H and O–H groups in total. The van der Waals surface area contributed by atoms with Crippen molar-refractivity contribution in [2.45, 2.75) is 0 Å². The van der Waals surface area contributed by atoms with Gasteiger partial charge in [-0.25, -0.2) is 0 Å². The Kier molecular flexibility index (Phi) is 3.57. The lowest BCUT2D eigenvalue weighted by atomic mass is 10.1. The van der Waals surface area contributed by atoms with E-state index in [1.165, 1.54) is 15.8 Å². The van der Waals surface area contributed by atoms with Gasteiger partial charge in [-0.15, -0.1) is 11.3 Å². The lowest BCUT2D eigenvalue weighted by Gasteiger charge is -2.00. The molecule has 0 aliphatic heterocycles. The molecule has 0 amide bonds. The first kappa shape index (κ1) is 16.2. The molecule has 5 aromatic heterocycles. The Labute approximate surface area is 170 Å². The van der Waals surface area contributed by atoms with Gasteiger partial charge in [0.05, 0.1) is 28.8 Å². The average Bonchev–Trinajstić information content (AvgIpc) is 3.52. The summed E-state index contributed by atoms with van der Waals surface area (Å²) in [4.78, 5) is 13.7. The minimum absolute atomic E-state index is 0.830. The fraction of sp³-hybridized carbons (Fsp3) is 0. The summed E-state index contributed by atoms with van der Waals surface area (Å²) in [5.74, 6) is 0. The van der Waals surface area contributed by atoms with Crippen molar-refractivity contribution in [1.82, 2.24) is 25.1 Å². The van der Waals surface area contributed by atoms with E-state index in [1.807, 2.05) is 30.5 Å². The minimum atomic E-state index is 0.830. The molecule has 5 heterocycles. The lowest BCUT2D eigenvalue weighted by Crippen LogP contribution is -1.86. The maximum absolute atomic E-state index is 4.57. The van der Waals surface area contributed by atoms with Crippen LogP contribution in [0.5, 0.6) is 0 Å². The van der Waals surface area contributed by atoms with Crippen LogP contribution in [-0.4, -0.2) is 25.1 Å². The van der Waals surface area contributed by atoms with E-state index in [-0.39, 0.29) is 0 Å². The Hall–Kier alpha value is -3.77. The smallest absolute Gasteiger partial charge is 0.116 e. The molecular weight excluding hydrogens is 378 g/mol. The van der Waals surface area contributed by atoms with Gasteiger partial charge in [-0.2, -0.15) is 5.10 Å². The summed E-state index contributed by atoms with van der Waals surface area (Å²) in [6.45, 7) is 0. The highest BCUT2D eigenvalue weighted by Crippen LogP contribution is 2.36. The summed E-state index contributed by atoms with van der Waals surface area (Å²) >= 11 is 1.75. The number of H-pyrrole nitrogens is 2. The second-order valence-corrected chi connectivity index (χ2v) is 7.78. The number of fused-ring (bicyclic) bond motifs is 2. The molecule has 1 aromatic carbocycles. The van der Waals surface area contributed by atoms with E-state index in [2.05, 4.69) is 66.9 Å². The predicted octanol–water partition coefficient (Wildman–Crippen LogP) is 5.90. The number of benzene rings is 1. The molecule has 0 saturated carbocycles. The van der Waals surface area contributed by atoms with E-state index in [1.54, 1.807) is 17.5 Å². The van der Waals surface area contributed by atoms with Crippen molar-refractivity contribution in [2.75, 3.05) is 0 Å². The summed E-state index contributed by atoms with van der Waals surface area (Å²) in [5, 5.41) is 12.0. The molecule has 0 aliphatic carbocycles. The van der Waals surface area contributed by atoms with E-state index >= 15 is 0 Å². The van der Waals surface area contributed by atoms with Gasteiger partial charge in [0.1, 0.15) is 5.69 Å². The normalized spacial score (nSPS) is 11.4. The van der Waals surface area contributed by atoms with Crippen LogP contribution in [0.25, 0.3) is 55.0 Å². The Bertz CT molecular complexity index is 1450. The van der Waals surface area contributed by atoms with Gasteiger partial charge in [-0.3, -0.25) is 15.1 Å². The molecule has 29 heavy (non-hydrogen) atoms. The Morgan fingerprint density at radius 1 is 0.793 bits per heavy atom. The van der Waals surface area contributed by atoms with Crippen LogP contribution in [0, 0.1) is 0 Å². The van der Waals surface area contributed by atoms with E-state index in [0.29, 0.717) is 0 Å². The maximum Gasteiger partial charge on any atom is 0.116 e. The van der Waals surface area contributed by atoms with Crippen molar-refractivity contribution < 1.29 is 0 Å². The zero-order valence-corrected chi connectivity index (χ0v) is 16.1.